The van der Waals surface area contributed by atoms with E-state index in [1.807, 2.05) is 66.2 Å². The van der Waals surface area contributed by atoms with Gasteiger partial charge >= 0.3 is 0 Å². The lowest BCUT2D eigenvalue weighted by molar-refractivity contribution is 0.102. The second-order valence-corrected chi connectivity index (χ2v) is 8.42. The molecule has 3 aromatic carbocycles. The van der Waals surface area contributed by atoms with Crippen molar-refractivity contribution in [1.82, 2.24) is 4.57 Å². The SMILES string of the molecule is O=C(Nc1ccc2ccn(Cc3ccc(CO)cc3)c2c1)c1cc(O)c2ccsc2c1. The molecule has 0 aliphatic rings. The number of phenolic OH excluding ortho intramolecular Hbond substituents is 1. The van der Waals surface area contributed by atoms with Gasteiger partial charge in [-0.15, -0.1) is 11.3 Å². The molecule has 154 valence electrons. The Morgan fingerprint density at radius 1 is 0.968 bits per heavy atom. The second kappa shape index (κ2) is 7.91. The average Bonchev–Trinajstić information content (AvgIpc) is 3.42. The molecule has 0 atom stereocenters. The number of benzene rings is 3. The number of aromatic nitrogens is 1. The summed E-state index contributed by atoms with van der Waals surface area (Å²) < 4.78 is 3.00. The topological polar surface area (TPSA) is 74.5 Å². The van der Waals surface area contributed by atoms with Gasteiger partial charge in [-0.1, -0.05) is 30.3 Å². The molecule has 0 aliphatic carbocycles. The standard InChI is InChI=1S/C25H20N2O3S/c28-15-17-3-1-16(2-4-17)14-27-9-7-18-5-6-20(13-22(18)27)26-25(30)19-11-23(29)21-8-10-31-24(21)12-19/h1-13,28-29H,14-15H2,(H,26,30). The van der Waals surface area contributed by atoms with E-state index in [2.05, 4.69) is 9.88 Å². The Balaban J connectivity index is 1.40. The van der Waals surface area contributed by atoms with Gasteiger partial charge in [-0.3, -0.25) is 4.79 Å². The predicted octanol–water partition coefficient (Wildman–Crippen LogP) is 5.35. The number of carbonyl (C=O) groups is 1. The van der Waals surface area contributed by atoms with Crippen LogP contribution in [0.4, 0.5) is 5.69 Å². The highest BCUT2D eigenvalue weighted by atomic mass is 32.1. The first-order valence-electron chi connectivity index (χ1n) is 9.90. The van der Waals surface area contributed by atoms with Crippen LogP contribution >= 0.6 is 11.3 Å². The molecule has 0 fully saturated rings. The van der Waals surface area contributed by atoms with E-state index in [1.165, 1.54) is 17.4 Å². The van der Waals surface area contributed by atoms with Crippen molar-refractivity contribution in [2.24, 2.45) is 0 Å². The van der Waals surface area contributed by atoms with Crippen LogP contribution in [0.1, 0.15) is 21.5 Å². The molecule has 0 radical (unpaired) electrons. The summed E-state index contributed by atoms with van der Waals surface area (Å²) >= 11 is 1.49. The van der Waals surface area contributed by atoms with Crippen molar-refractivity contribution >= 4 is 43.9 Å². The molecule has 31 heavy (non-hydrogen) atoms. The monoisotopic (exact) mass is 428 g/mol. The zero-order chi connectivity index (χ0) is 21.4. The molecule has 5 nitrogen and oxygen atoms in total. The van der Waals surface area contributed by atoms with E-state index in [-0.39, 0.29) is 18.3 Å². The number of fused-ring (bicyclic) bond motifs is 2. The Labute approximate surface area is 182 Å². The van der Waals surface area contributed by atoms with Gasteiger partial charge in [0.1, 0.15) is 5.75 Å². The number of aliphatic hydroxyl groups is 1. The molecular formula is C25H20N2O3S. The highest BCUT2D eigenvalue weighted by Gasteiger charge is 2.12. The number of anilines is 1. The van der Waals surface area contributed by atoms with Crippen LogP contribution in [0, 0.1) is 0 Å². The maximum Gasteiger partial charge on any atom is 0.255 e. The molecule has 3 N–H and O–H groups in total. The average molecular weight is 429 g/mol. The van der Waals surface area contributed by atoms with E-state index >= 15 is 0 Å². The minimum absolute atomic E-state index is 0.0347. The highest BCUT2D eigenvalue weighted by Crippen LogP contribution is 2.31. The van der Waals surface area contributed by atoms with Crippen molar-refractivity contribution in [3.05, 3.63) is 95.0 Å². The van der Waals surface area contributed by atoms with Gasteiger partial charge in [-0.25, -0.2) is 0 Å². The highest BCUT2D eigenvalue weighted by molar-refractivity contribution is 7.17. The number of aromatic hydroxyl groups is 1. The number of carbonyl (C=O) groups excluding carboxylic acids is 1. The van der Waals surface area contributed by atoms with Gasteiger partial charge in [-0.05, 0) is 58.3 Å². The van der Waals surface area contributed by atoms with Crippen LogP contribution in [-0.2, 0) is 13.2 Å². The van der Waals surface area contributed by atoms with Gasteiger partial charge in [0, 0.05) is 34.1 Å². The fraction of sp³-hybridized carbons (Fsp3) is 0.0800. The summed E-state index contributed by atoms with van der Waals surface area (Å²) in [7, 11) is 0. The number of amides is 1. The zero-order valence-electron chi connectivity index (χ0n) is 16.6. The lowest BCUT2D eigenvalue weighted by atomic mass is 10.1. The molecule has 5 rings (SSSR count). The first-order chi connectivity index (χ1) is 15.1. The van der Waals surface area contributed by atoms with Crippen LogP contribution in [0.25, 0.3) is 21.0 Å². The lowest BCUT2D eigenvalue weighted by Crippen LogP contribution is -2.11. The maximum atomic E-state index is 12.8. The summed E-state index contributed by atoms with van der Waals surface area (Å²) in [6.07, 6.45) is 2.03. The Morgan fingerprint density at radius 3 is 2.58 bits per heavy atom. The molecular weight excluding hydrogens is 408 g/mol. The minimum Gasteiger partial charge on any atom is -0.507 e. The summed E-state index contributed by atoms with van der Waals surface area (Å²) in [5, 5.41) is 26.1. The van der Waals surface area contributed by atoms with Crippen LogP contribution in [0.3, 0.4) is 0 Å². The lowest BCUT2D eigenvalue weighted by Gasteiger charge is -2.10. The van der Waals surface area contributed by atoms with Crippen molar-refractivity contribution in [3.8, 4) is 5.75 Å². The van der Waals surface area contributed by atoms with Crippen molar-refractivity contribution < 1.29 is 15.0 Å². The molecule has 0 saturated heterocycles. The third-order valence-electron chi connectivity index (χ3n) is 5.40. The third kappa shape index (κ3) is 3.79. The van der Waals surface area contributed by atoms with E-state index in [0.29, 0.717) is 17.8 Å². The number of hydrogen-bond donors (Lipinski definition) is 3. The molecule has 0 bridgehead atoms. The van der Waals surface area contributed by atoms with Crippen LogP contribution in [0.2, 0.25) is 0 Å². The zero-order valence-corrected chi connectivity index (χ0v) is 17.4. The number of aliphatic hydroxyl groups excluding tert-OH is 1. The Bertz CT molecular complexity index is 1400. The molecule has 1 amide bonds. The predicted molar refractivity (Wildman–Crippen MR) is 125 cm³/mol. The van der Waals surface area contributed by atoms with E-state index < -0.39 is 0 Å². The van der Waals surface area contributed by atoms with E-state index in [9.17, 15) is 15.0 Å². The van der Waals surface area contributed by atoms with Gasteiger partial charge in [0.25, 0.3) is 5.91 Å². The second-order valence-electron chi connectivity index (χ2n) is 7.47. The molecule has 0 unspecified atom stereocenters. The van der Waals surface area contributed by atoms with Gasteiger partial charge in [0.2, 0.25) is 0 Å². The van der Waals surface area contributed by atoms with Crippen LogP contribution in [-0.4, -0.2) is 20.7 Å². The van der Waals surface area contributed by atoms with E-state index in [4.69, 9.17) is 0 Å². The van der Waals surface area contributed by atoms with Crippen LogP contribution in [0.5, 0.6) is 5.75 Å². The molecule has 0 aliphatic heterocycles. The third-order valence-corrected chi connectivity index (χ3v) is 6.27. The van der Waals surface area contributed by atoms with E-state index in [1.54, 1.807) is 6.07 Å². The summed E-state index contributed by atoms with van der Waals surface area (Å²) in [4.78, 5) is 12.8. The summed E-state index contributed by atoms with van der Waals surface area (Å²) in [6, 6.07) is 20.9. The molecule has 2 heterocycles. The van der Waals surface area contributed by atoms with Crippen molar-refractivity contribution in [3.63, 3.8) is 0 Å². The van der Waals surface area contributed by atoms with Gasteiger partial charge in [0.15, 0.2) is 0 Å². The normalized spacial score (nSPS) is 11.3. The Hall–Kier alpha value is -3.61. The van der Waals surface area contributed by atoms with E-state index in [0.717, 1.165) is 32.1 Å². The number of nitrogens with zero attached hydrogens (tertiary/aromatic N) is 1. The number of phenols is 1. The molecule has 2 aromatic heterocycles. The first kappa shape index (κ1) is 19.4. The quantitative estimate of drug-likeness (QED) is 0.353. The number of hydrogen-bond acceptors (Lipinski definition) is 4. The maximum absolute atomic E-state index is 12.8. The Kier molecular flexibility index (Phi) is 4.94. The smallest absolute Gasteiger partial charge is 0.255 e. The molecule has 0 saturated carbocycles. The van der Waals surface area contributed by atoms with Gasteiger partial charge in [0.05, 0.1) is 12.1 Å². The summed E-state index contributed by atoms with van der Waals surface area (Å²) in [5.41, 5.74) is 4.15. The number of rotatable bonds is 5. The molecule has 5 aromatic rings. The van der Waals surface area contributed by atoms with Gasteiger partial charge < -0.3 is 20.1 Å². The summed E-state index contributed by atoms with van der Waals surface area (Å²) in [6.45, 7) is 0.725. The van der Waals surface area contributed by atoms with Gasteiger partial charge in [-0.2, -0.15) is 0 Å². The molecule has 0 spiro atoms. The fourth-order valence-corrected chi connectivity index (χ4v) is 4.58. The first-order valence-corrected chi connectivity index (χ1v) is 10.8. The largest absolute Gasteiger partial charge is 0.507 e. The number of nitrogens with one attached hydrogen (secondary N) is 1. The summed E-state index contributed by atoms with van der Waals surface area (Å²) in [5.74, 6) is -0.150. The Morgan fingerprint density at radius 2 is 1.77 bits per heavy atom. The fourth-order valence-electron chi connectivity index (χ4n) is 3.73. The van der Waals surface area contributed by atoms with Crippen molar-refractivity contribution in [1.29, 1.82) is 0 Å². The molecule has 6 heteroatoms. The number of thiophene rings is 1. The van der Waals surface area contributed by atoms with Crippen molar-refractivity contribution in [2.45, 2.75) is 13.2 Å². The van der Waals surface area contributed by atoms with Crippen LogP contribution in [0.15, 0.2) is 78.3 Å². The van der Waals surface area contributed by atoms with Crippen LogP contribution < -0.4 is 5.32 Å². The van der Waals surface area contributed by atoms with Crippen molar-refractivity contribution in [2.75, 3.05) is 5.32 Å². The minimum atomic E-state index is -0.261.